The van der Waals surface area contributed by atoms with Crippen LogP contribution in [0.2, 0.25) is 0 Å². The van der Waals surface area contributed by atoms with E-state index in [0.717, 1.165) is 17.1 Å². The van der Waals surface area contributed by atoms with Gasteiger partial charge in [0.05, 0.1) is 36.3 Å². The van der Waals surface area contributed by atoms with Gasteiger partial charge in [-0.2, -0.15) is 0 Å². The van der Waals surface area contributed by atoms with Crippen molar-refractivity contribution >= 4 is 23.0 Å². The zero-order valence-corrected chi connectivity index (χ0v) is 22.5. The molecular formula is C30H32N4OS. The highest BCUT2D eigenvalue weighted by atomic mass is 32.1. The fraction of sp³-hybridized carbons (Fsp3) is 0.267. The first kappa shape index (κ1) is 24.1. The van der Waals surface area contributed by atoms with Crippen LogP contribution < -0.4 is 15.0 Å². The summed E-state index contributed by atoms with van der Waals surface area (Å²) in [6.07, 6.45) is 1.84. The Morgan fingerprint density at radius 2 is 1.61 bits per heavy atom. The molecule has 5 nitrogen and oxygen atoms in total. The standard InChI is InChI=1S/C30H32N4OS/c1-18-15-19(2)28(20(3)16-18)33-21(4)17-23(22(33)5)29-27(24-11-9-10-14-31-24)32-30(36)34(29)25-12-7-8-13-26(25)35-6/h7-17,27,29H,1-6H3,(H,32,36)/t27-,29+/m1/s1. The zero-order chi connectivity index (χ0) is 25.6. The van der Waals surface area contributed by atoms with Gasteiger partial charge in [-0.1, -0.05) is 35.9 Å². The van der Waals surface area contributed by atoms with Crippen LogP contribution in [0.1, 0.15) is 51.4 Å². The predicted molar refractivity (Wildman–Crippen MR) is 150 cm³/mol. The van der Waals surface area contributed by atoms with Crippen molar-refractivity contribution < 1.29 is 4.74 Å². The van der Waals surface area contributed by atoms with E-state index in [1.807, 2.05) is 36.5 Å². The maximum Gasteiger partial charge on any atom is 0.174 e. The van der Waals surface area contributed by atoms with E-state index in [1.54, 1.807) is 7.11 Å². The SMILES string of the molecule is COc1ccccc1N1C(=S)N[C@H](c2ccccn2)[C@@H]1c1cc(C)n(-c2c(C)cc(C)cc2C)c1C. The number of aromatic nitrogens is 2. The first-order chi connectivity index (χ1) is 17.3. The van der Waals surface area contributed by atoms with E-state index < -0.39 is 0 Å². The van der Waals surface area contributed by atoms with Crippen LogP contribution in [-0.4, -0.2) is 21.8 Å². The number of nitrogens with zero attached hydrogens (tertiary/aromatic N) is 3. The second kappa shape index (κ2) is 9.43. The first-order valence-electron chi connectivity index (χ1n) is 12.2. The van der Waals surface area contributed by atoms with Crippen molar-refractivity contribution in [2.75, 3.05) is 12.0 Å². The molecule has 0 radical (unpaired) electrons. The number of aryl methyl sites for hydroxylation is 4. The monoisotopic (exact) mass is 496 g/mol. The lowest BCUT2D eigenvalue weighted by Crippen LogP contribution is -2.30. The Balaban J connectivity index is 1.73. The van der Waals surface area contributed by atoms with Gasteiger partial charge in [-0.15, -0.1) is 0 Å². The quantitative estimate of drug-likeness (QED) is 0.315. The summed E-state index contributed by atoms with van der Waals surface area (Å²) in [5, 5.41) is 4.23. The molecule has 4 aromatic rings. The molecule has 0 aliphatic carbocycles. The van der Waals surface area contributed by atoms with Crippen LogP contribution in [0.4, 0.5) is 5.69 Å². The molecule has 1 N–H and O–H groups in total. The Morgan fingerprint density at radius 1 is 0.917 bits per heavy atom. The largest absolute Gasteiger partial charge is 0.495 e. The van der Waals surface area contributed by atoms with Gasteiger partial charge in [-0.05, 0) is 93.9 Å². The molecule has 184 valence electrons. The Hall–Kier alpha value is -3.64. The van der Waals surface area contributed by atoms with Crippen molar-refractivity contribution in [3.8, 4) is 11.4 Å². The Bertz CT molecular complexity index is 1420. The topological polar surface area (TPSA) is 42.3 Å². The average Bonchev–Trinajstić information content (AvgIpc) is 3.34. The molecule has 1 aliphatic rings. The summed E-state index contributed by atoms with van der Waals surface area (Å²) >= 11 is 5.94. The summed E-state index contributed by atoms with van der Waals surface area (Å²) < 4.78 is 8.14. The molecule has 5 rings (SSSR count). The number of rotatable bonds is 5. The lowest BCUT2D eigenvalue weighted by Gasteiger charge is -2.29. The molecule has 0 spiro atoms. The van der Waals surface area contributed by atoms with Gasteiger partial charge in [0.1, 0.15) is 5.75 Å². The van der Waals surface area contributed by atoms with Crippen molar-refractivity contribution in [1.82, 2.24) is 14.9 Å². The van der Waals surface area contributed by atoms with Crippen molar-refractivity contribution in [1.29, 1.82) is 0 Å². The smallest absolute Gasteiger partial charge is 0.174 e. The van der Waals surface area contributed by atoms with Crippen molar-refractivity contribution in [3.63, 3.8) is 0 Å². The number of anilines is 1. The third-order valence-electron chi connectivity index (χ3n) is 7.09. The highest BCUT2D eigenvalue weighted by Crippen LogP contribution is 2.46. The van der Waals surface area contributed by atoms with Gasteiger partial charge in [0.15, 0.2) is 5.11 Å². The second-order valence-electron chi connectivity index (χ2n) is 9.58. The number of hydrogen-bond acceptors (Lipinski definition) is 3. The van der Waals surface area contributed by atoms with Crippen molar-refractivity contribution in [2.24, 2.45) is 0 Å². The van der Waals surface area contributed by atoms with Gasteiger partial charge >= 0.3 is 0 Å². The lowest BCUT2D eigenvalue weighted by molar-refractivity contribution is 0.414. The molecule has 1 saturated heterocycles. The highest BCUT2D eigenvalue weighted by molar-refractivity contribution is 7.80. The molecule has 36 heavy (non-hydrogen) atoms. The molecule has 6 heteroatoms. The minimum atomic E-state index is -0.113. The number of pyridine rings is 1. The van der Waals surface area contributed by atoms with Crippen LogP contribution in [0, 0.1) is 34.6 Å². The second-order valence-corrected chi connectivity index (χ2v) is 9.96. The van der Waals surface area contributed by atoms with Crippen LogP contribution in [0.25, 0.3) is 5.69 Å². The normalized spacial score (nSPS) is 17.4. The van der Waals surface area contributed by atoms with E-state index in [1.165, 1.54) is 39.3 Å². The molecule has 0 bridgehead atoms. The summed E-state index contributed by atoms with van der Waals surface area (Å²) in [6, 6.07) is 20.7. The molecule has 0 unspecified atom stereocenters. The van der Waals surface area contributed by atoms with Crippen LogP contribution in [-0.2, 0) is 0 Å². The minimum Gasteiger partial charge on any atom is -0.495 e. The summed E-state index contributed by atoms with van der Waals surface area (Å²) in [5.74, 6) is 0.785. The molecule has 2 atom stereocenters. The molecule has 3 heterocycles. The summed E-state index contributed by atoms with van der Waals surface area (Å²) in [5.41, 5.74) is 10.5. The Morgan fingerprint density at radius 3 is 2.28 bits per heavy atom. The maximum absolute atomic E-state index is 5.94. The van der Waals surface area contributed by atoms with E-state index >= 15 is 0 Å². The van der Waals surface area contributed by atoms with Crippen LogP contribution in [0.5, 0.6) is 5.75 Å². The number of para-hydroxylation sites is 2. The number of thiocarbonyl (C=S) groups is 1. The van der Waals surface area contributed by atoms with Crippen molar-refractivity contribution in [3.05, 3.63) is 106 Å². The molecule has 1 fully saturated rings. The molecule has 1 aliphatic heterocycles. The highest BCUT2D eigenvalue weighted by Gasteiger charge is 2.43. The van der Waals surface area contributed by atoms with Gasteiger partial charge in [-0.25, -0.2) is 0 Å². The first-order valence-corrected chi connectivity index (χ1v) is 12.6. The van der Waals surface area contributed by atoms with Gasteiger partial charge in [0.25, 0.3) is 0 Å². The van der Waals surface area contributed by atoms with Gasteiger partial charge in [0, 0.05) is 17.6 Å². The van der Waals surface area contributed by atoms with E-state index in [0.29, 0.717) is 5.11 Å². The summed E-state index contributed by atoms with van der Waals surface area (Å²) in [7, 11) is 1.70. The molecule has 2 aromatic carbocycles. The minimum absolute atomic E-state index is 0.102. The van der Waals surface area contributed by atoms with Crippen LogP contribution in [0.15, 0.2) is 66.9 Å². The number of nitrogens with one attached hydrogen (secondary N) is 1. The van der Waals surface area contributed by atoms with Gasteiger partial charge < -0.3 is 19.5 Å². The third kappa shape index (κ3) is 3.95. The van der Waals surface area contributed by atoms with Gasteiger partial charge in [-0.3, -0.25) is 4.98 Å². The summed E-state index contributed by atoms with van der Waals surface area (Å²) in [6.45, 7) is 10.9. The Kier molecular flexibility index (Phi) is 6.31. The van der Waals surface area contributed by atoms with E-state index in [-0.39, 0.29) is 12.1 Å². The van der Waals surface area contributed by atoms with Crippen LogP contribution in [0.3, 0.4) is 0 Å². The van der Waals surface area contributed by atoms with Crippen molar-refractivity contribution in [2.45, 2.75) is 46.7 Å². The van der Waals surface area contributed by atoms with E-state index in [9.17, 15) is 0 Å². The maximum atomic E-state index is 5.94. The number of ether oxygens (including phenoxy) is 1. The molecular weight excluding hydrogens is 464 g/mol. The molecule has 0 saturated carbocycles. The number of methoxy groups -OCH3 is 1. The Labute approximate surface area is 218 Å². The predicted octanol–water partition coefficient (Wildman–Crippen LogP) is 6.60. The molecule has 0 amide bonds. The molecule has 2 aromatic heterocycles. The third-order valence-corrected chi connectivity index (χ3v) is 7.41. The zero-order valence-electron chi connectivity index (χ0n) is 21.7. The van der Waals surface area contributed by atoms with Crippen LogP contribution >= 0.6 is 12.2 Å². The fourth-order valence-corrected chi connectivity index (χ4v) is 6.05. The fourth-order valence-electron chi connectivity index (χ4n) is 5.72. The summed E-state index contributed by atoms with van der Waals surface area (Å²) in [4.78, 5) is 6.90. The lowest BCUT2D eigenvalue weighted by atomic mass is 9.96. The average molecular weight is 497 g/mol. The van der Waals surface area contributed by atoms with E-state index in [4.69, 9.17) is 21.9 Å². The van der Waals surface area contributed by atoms with Gasteiger partial charge in [0.2, 0.25) is 0 Å². The number of hydrogen-bond donors (Lipinski definition) is 1. The van der Waals surface area contributed by atoms with E-state index in [2.05, 4.69) is 79.7 Å². The number of benzene rings is 2.